The molecule has 4 rings (SSSR count). The van der Waals surface area contributed by atoms with E-state index in [0.29, 0.717) is 51.8 Å². The second-order valence-corrected chi connectivity index (χ2v) is 11.2. The zero-order valence-corrected chi connectivity index (χ0v) is 23.9. The van der Waals surface area contributed by atoms with Crippen LogP contribution in [0.1, 0.15) is 52.9 Å². The number of methoxy groups -OCH3 is 1. The number of aromatic nitrogens is 1. The second kappa shape index (κ2) is 16.2. The molecule has 0 amide bonds. The number of morpholine rings is 1. The first kappa shape index (κ1) is 30.7. The van der Waals surface area contributed by atoms with Crippen LogP contribution in [0.2, 0.25) is 0 Å². The third kappa shape index (κ3) is 8.86. The second-order valence-electron chi connectivity index (χ2n) is 10.1. The van der Waals surface area contributed by atoms with E-state index >= 15 is 0 Å². The van der Waals surface area contributed by atoms with Crippen LogP contribution in [0.3, 0.4) is 0 Å². The summed E-state index contributed by atoms with van der Waals surface area (Å²) in [4.78, 5) is 31.6. The van der Waals surface area contributed by atoms with E-state index < -0.39 is 12.1 Å². The van der Waals surface area contributed by atoms with Gasteiger partial charge >= 0.3 is 5.97 Å². The summed E-state index contributed by atoms with van der Waals surface area (Å²) in [5.74, 6) is 0.929. The Morgan fingerprint density at radius 3 is 2.90 bits per heavy atom. The molecule has 1 unspecified atom stereocenters. The lowest BCUT2D eigenvalue weighted by Crippen LogP contribution is -2.38. The van der Waals surface area contributed by atoms with Crippen LogP contribution < -0.4 is 0 Å². The molecular weight excluding hydrogens is 536 g/mol. The van der Waals surface area contributed by atoms with Gasteiger partial charge in [-0.3, -0.25) is 9.88 Å². The van der Waals surface area contributed by atoms with Crippen LogP contribution in [0.4, 0.5) is 0 Å². The average Bonchev–Trinajstić information content (AvgIpc) is 3.45. The minimum atomic E-state index is -0.505. The van der Waals surface area contributed by atoms with Crippen LogP contribution in [0.25, 0.3) is 0 Å². The molecule has 220 valence electrons. The summed E-state index contributed by atoms with van der Waals surface area (Å²) < 4.78 is 27.8. The summed E-state index contributed by atoms with van der Waals surface area (Å²) in [5.41, 5.74) is 1.91. The number of aldehydes is 1. The van der Waals surface area contributed by atoms with Gasteiger partial charge in [-0.15, -0.1) is 11.8 Å². The molecular formula is C29H40N2O8S. The van der Waals surface area contributed by atoms with Gasteiger partial charge in [0, 0.05) is 50.0 Å². The van der Waals surface area contributed by atoms with Crippen LogP contribution in [0.15, 0.2) is 33.7 Å². The monoisotopic (exact) mass is 576 g/mol. The number of nitrogens with zero attached hydrogens (tertiary/aromatic N) is 2. The van der Waals surface area contributed by atoms with Crippen LogP contribution >= 0.6 is 11.8 Å². The van der Waals surface area contributed by atoms with E-state index in [-0.39, 0.29) is 24.2 Å². The minimum absolute atomic E-state index is 0.0483. The molecule has 2 aromatic heterocycles. The molecule has 0 spiro atoms. The first-order chi connectivity index (χ1) is 19.6. The predicted octanol–water partition coefficient (Wildman–Crippen LogP) is 3.31. The minimum Gasteiger partial charge on any atom is -0.458 e. The number of aliphatic hydroxyl groups is 1. The van der Waals surface area contributed by atoms with Gasteiger partial charge in [0.05, 0.1) is 38.2 Å². The van der Waals surface area contributed by atoms with Crippen LogP contribution in [0.5, 0.6) is 0 Å². The number of thioether (sulfide) groups is 1. The number of furan rings is 1. The van der Waals surface area contributed by atoms with Crippen molar-refractivity contribution in [2.75, 3.05) is 65.5 Å². The Morgan fingerprint density at radius 1 is 1.25 bits per heavy atom. The Hall–Kier alpha value is -2.28. The van der Waals surface area contributed by atoms with Crippen molar-refractivity contribution < 1.29 is 38.1 Å². The Balaban J connectivity index is 1.26. The predicted molar refractivity (Wildman–Crippen MR) is 148 cm³/mol. The van der Waals surface area contributed by atoms with Crippen LogP contribution in [0, 0.1) is 11.8 Å². The largest absolute Gasteiger partial charge is 0.458 e. The van der Waals surface area contributed by atoms with Crippen molar-refractivity contribution in [3.8, 4) is 0 Å². The number of carbonyl (C=O) groups excluding carboxylic acids is 2. The van der Waals surface area contributed by atoms with Gasteiger partial charge in [0.1, 0.15) is 25.3 Å². The summed E-state index contributed by atoms with van der Waals surface area (Å²) in [6.07, 6.45) is 5.11. The average molecular weight is 577 g/mol. The van der Waals surface area contributed by atoms with Crippen molar-refractivity contribution >= 4 is 24.0 Å². The Bertz CT molecular complexity index is 1070. The van der Waals surface area contributed by atoms with E-state index in [2.05, 4.69) is 9.88 Å². The van der Waals surface area contributed by atoms with Crippen molar-refractivity contribution in [1.82, 2.24) is 9.88 Å². The third-order valence-electron chi connectivity index (χ3n) is 7.35. The zero-order chi connectivity index (χ0) is 28.2. The number of rotatable bonds is 16. The Morgan fingerprint density at radius 2 is 2.10 bits per heavy atom. The molecule has 10 nitrogen and oxygen atoms in total. The Labute approximate surface area is 239 Å². The van der Waals surface area contributed by atoms with E-state index in [1.807, 2.05) is 6.07 Å². The molecule has 0 bridgehead atoms. The molecule has 1 aliphatic heterocycles. The number of hydrogen-bond donors (Lipinski definition) is 1. The summed E-state index contributed by atoms with van der Waals surface area (Å²) in [5, 5.41) is 10.3. The summed E-state index contributed by atoms with van der Waals surface area (Å²) >= 11 is 1.71. The van der Waals surface area contributed by atoms with Gasteiger partial charge in [-0.2, -0.15) is 0 Å². The molecule has 11 heteroatoms. The highest BCUT2D eigenvalue weighted by atomic mass is 32.2. The van der Waals surface area contributed by atoms with Gasteiger partial charge in [0.25, 0.3) is 0 Å². The SMILES string of the molecule is COC[C@H](CSc1ccnc2c1CCCC2O)[C@H](CC=O)COCc1ccc(C(=O)OCCN2CCOCC2)o1. The van der Waals surface area contributed by atoms with E-state index in [9.17, 15) is 14.7 Å². The van der Waals surface area contributed by atoms with Gasteiger partial charge in [-0.25, -0.2) is 4.79 Å². The number of aliphatic hydroxyl groups excluding tert-OH is 1. The maximum atomic E-state index is 12.4. The quantitative estimate of drug-likeness (QED) is 0.180. The number of pyridine rings is 1. The van der Waals surface area contributed by atoms with Crippen molar-refractivity contribution in [2.24, 2.45) is 11.8 Å². The van der Waals surface area contributed by atoms with Crippen LogP contribution in [-0.4, -0.2) is 92.8 Å². The number of ether oxygens (including phenoxy) is 4. The fraction of sp³-hybridized carbons (Fsp3) is 0.621. The topological polar surface area (TPSA) is 121 Å². The molecule has 3 heterocycles. The molecule has 1 saturated heterocycles. The van der Waals surface area contributed by atoms with Crippen molar-refractivity contribution in [1.29, 1.82) is 0 Å². The van der Waals surface area contributed by atoms with Gasteiger partial charge in [-0.1, -0.05) is 0 Å². The summed E-state index contributed by atoms with van der Waals surface area (Å²) in [6, 6.07) is 5.30. The molecule has 0 saturated carbocycles. The molecule has 40 heavy (non-hydrogen) atoms. The van der Waals surface area contributed by atoms with E-state index in [4.69, 9.17) is 23.4 Å². The zero-order valence-electron chi connectivity index (χ0n) is 23.1. The fourth-order valence-electron chi connectivity index (χ4n) is 5.06. The molecule has 0 aromatic carbocycles. The lowest BCUT2D eigenvalue weighted by atomic mass is 9.92. The highest BCUT2D eigenvalue weighted by Gasteiger charge is 2.26. The first-order valence-electron chi connectivity index (χ1n) is 13.9. The van der Waals surface area contributed by atoms with Crippen LogP contribution in [-0.2, 0) is 36.8 Å². The normalized spacial score (nSPS) is 19.1. The first-order valence-corrected chi connectivity index (χ1v) is 14.9. The molecule has 1 N–H and O–H groups in total. The van der Waals surface area contributed by atoms with Crippen molar-refractivity contribution in [3.05, 3.63) is 47.2 Å². The van der Waals surface area contributed by atoms with Crippen molar-refractivity contribution in [2.45, 2.75) is 43.3 Å². The highest BCUT2D eigenvalue weighted by Crippen LogP contribution is 2.36. The molecule has 2 aliphatic rings. The molecule has 3 atom stereocenters. The fourth-order valence-corrected chi connectivity index (χ4v) is 6.36. The molecule has 2 aromatic rings. The van der Waals surface area contributed by atoms with Gasteiger partial charge in [0.2, 0.25) is 5.76 Å². The lowest BCUT2D eigenvalue weighted by Gasteiger charge is -2.26. The van der Waals surface area contributed by atoms with E-state index in [1.54, 1.807) is 37.2 Å². The highest BCUT2D eigenvalue weighted by molar-refractivity contribution is 7.99. The van der Waals surface area contributed by atoms with Gasteiger partial charge in [0.15, 0.2) is 0 Å². The third-order valence-corrected chi connectivity index (χ3v) is 8.64. The summed E-state index contributed by atoms with van der Waals surface area (Å²) in [6.45, 7) is 5.05. The molecule has 0 radical (unpaired) electrons. The number of hydrogen-bond acceptors (Lipinski definition) is 11. The van der Waals surface area contributed by atoms with Gasteiger partial charge in [-0.05, 0) is 54.9 Å². The number of carbonyl (C=O) groups is 2. The molecule has 1 fully saturated rings. The van der Waals surface area contributed by atoms with Gasteiger partial charge < -0.3 is 33.3 Å². The van der Waals surface area contributed by atoms with E-state index in [1.165, 1.54) is 0 Å². The molecule has 1 aliphatic carbocycles. The lowest BCUT2D eigenvalue weighted by molar-refractivity contribution is -0.109. The summed E-state index contributed by atoms with van der Waals surface area (Å²) in [7, 11) is 1.66. The number of esters is 1. The maximum Gasteiger partial charge on any atom is 0.374 e. The standard InChI is InChI=1S/C29H40N2O8S/c1-35-17-22(20-40-27-7-9-30-28-24(27)3-2-4-25(28)33)21(8-13-32)18-37-19-23-5-6-26(39-23)29(34)38-16-12-31-10-14-36-15-11-31/h5-7,9,13,21-22,25,33H,2-4,8,10-12,14-20H2,1H3/t21-,22-,25?/m1/s1. The number of fused-ring (bicyclic) bond motifs is 1. The Kier molecular flexibility index (Phi) is 12.4. The smallest absolute Gasteiger partial charge is 0.374 e. The van der Waals surface area contributed by atoms with Crippen molar-refractivity contribution in [3.63, 3.8) is 0 Å². The maximum absolute atomic E-state index is 12.4. The van der Waals surface area contributed by atoms with E-state index in [0.717, 1.165) is 60.5 Å².